The summed E-state index contributed by atoms with van der Waals surface area (Å²) in [6, 6.07) is 0. The van der Waals surface area contributed by atoms with Gasteiger partial charge in [-0.3, -0.25) is 0 Å². The number of halogens is 1. The van der Waals surface area contributed by atoms with Crippen molar-refractivity contribution in [3.63, 3.8) is 0 Å². The van der Waals surface area contributed by atoms with E-state index in [1.807, 2.05) is 0 Å². The van der Waals surface area contributed by atoms with Crippen molar-refractivity contribution in [3.8, 4) is 0 Å². The summed E-state index contributed by atoms with van der Waals surface area (Å²) in [6.07, 6.45) is -0.00588. The summed E-state index contributed by atoms with van der Waals surface area (Å²) in [6.45, 7) is 4.83. The summed E-state index contributed by atoms with van der Waals surface area (Å²) >= 11 is 0. The number of rotatable bonds is 2. The van der Waals surface area contributed by atoms with Gasteiger partial charge in [-0.25, -0.2) is 4.39 Å². The molecule has 1 saturated heterocycles. The van der Waals surface area contributed by atoms with E-state index in [2.05, 4.69) is 18.6 Å². The molecule has 1 nitrogen and oxygen atoms in total. The molecule has 2 heteroatoms. The Morgan fingerprint density at radius 1 is 1.67 bits per heavy atom. The third kappa shape index (κ3) is 1.65. The van der Waals surface area contributed by atoms with Crippen LogP contribution in [0.4, 0.5) is 4.39 Å². The van der Waals surface area contributed by atoms with Gasteiger partial charge in [0, 0.05) is 5.92 Å². The minimum Gasteiger partial charge on any atom is -0.347 e. The molecule has 2 unspecified atom stereocenters. The number of alkyl halides is 1. The fourth-order valence-corrected chi connectivity index (χ4v) is 1.09. The maximum Gasteiger partial charge on any atom is 0.203 e. The van der Waals surface area contributed by atoms with E-state index in [1.54, 1.807) is 0 Å². The van der Waals surface area contributed by atoms with Crippen LogP contribution in [0.1, 0.15) is 20.3 Å². The molecule has 0 spiro atoms. The van der Waals surface area contributed by atoms with Crippen LogP contribution in [0.3, 0.4) is 0 Å². The molecule has 0 aliphatic carbocycles. The molecule has 0 amide bonds. The molecule has 54 valence electrons. The predicted molar refractivity (Wildman–Crippen MR) is 33.8 cm³/mol. The molecule has 0 saturated carbocycles. The van der Waals surface area contributed by atoms with E-state index in [0.717, 1.165) is 6.42 Å². The highest BCUT2D eigenvalue weighted by atomic mass is 19.1. The zero-order valence-corrected chi connectivity index (χ0v) is 5.93. The van der Waals surface area contributed by atoms with Gasteiger partial charge in [0.1, 0.15) is 0 Å². The zero-order valence-electron chi connectivity index (χ0n) is 5.93. The van der Waals surface area contributed by atoms with Crippen molar-refractivity contribution in [2.75, 3.05) is 6.61 Å². The molecule has 9 heavy (non-hydrogen) atoms. The minimum absolute atomic E-state index is 0.185. The van der Waals surface area contributed by atoms with Crippen LogP contribution in [0, 0.1) is 11.8 Å². The van der Waals surface area contributed by atoms with E-state index in [1.165, 1.54) is 0 Å². The zero-order chi connectivity index (χ0) is 6.85. The summed E-state index contributed by atoms with van der Waals surface area (Å²) < 4.78 is 16.9. The second kappa shape index (κ2) is 2.65. The van der Waals surface area contributed by atoms with E-state index >= 15 is 0 Å². The Kier molecular flexibility index (Phi) is 2.06. The molecule has 0 aromatic rings. The highest BCUT2D eigenvalue weighted by molar-refractivity contribution is 4.71. The minimum atomic E-state index is -0.965. The molecule has 0 aromatic heterocycles. The van der Waals surface area contributed by atoms with Crippen molar-refractivity contribution >= 4 is 0 Å². The normalized spacial score (nSPS) is 34.7. The number of hydrogen-bond acceptors (Lipinski definition) is 1. The molecule has 1 fully saturated rings. The van der Waals surface area contributed by atoms with Crippen LogP contribution in [0.25, 0.3) is 0 Å². The van der Waals surface area contributed by atoms with Gasteiger partial charge >= 0.3 is 0 Å². The van der Waals surface area contributed by atoms with E-state index in [4.69, 9.17) is 0 Å². The molecule has 1 rings (SSSR count). The van der Waals surface area contributed by atoms with Crippen molar-refractivity contribution < 1.29 is 9.13 Å². The first-order valence-corrected chi connectivity index (χ1v) is 3.46. The number of ether oxygens (including phenoxy) is 1. The first-order valence-electron chi connectivity index (χ1n) is 3.46. The fourth-order valence-electron chi connectivity index (χ4n) is 1.09. The van der Waals surface area contributed by atoms with Crippen LogP contribution < -0.4 is 0 Å². The summed E-state index contributed by atoms with van der Waals surface area (Å²) in [7, 11) is 0. The highest BCUT2D eigenvalue weighted by Gasteiger charge is 2.31. The summed E-state index contributed by atoms with van der Waals surface area (Å²) in [5.41, 5.74) is 0. The molecule has 1 aliphatic rings. The Morgan fingerprint density at radius 2 is 2.33 bits per heavy atom. The van der Waals surface area contributed by atoms with Crippen molar-refractivity contribution in [1.29, 1.82) is 0 Å². The van der Waals surface area contributed by atoms with Gasteiger partial charge in [-0.05, 0) is 12.3 Å². The van der Waals surface area contributed by atoms with Crippen LogP contribution in [0.15, 0.2) is 0 Å². The van der Waals surface area contributed by atoms with Crippen LogP contribution in [0.2, 0.25) is 0 Å². The molecular weight excluding hydrogens is 119 g/mol. The Bertz CT molecular complexity index is 92.9. The lowest BCUT2D eigenvalue weighted by Crippen LogP contribution is -2.36. The van der Waals surface area contributed by atoms with Gasteiger partial charge in [0.25, 0.3) is 0 Å². The van der Waals surface area contributed by atoms with Gasteiger partial charge in [0.15, 0.2) is 0 Å². The molecule has 1 heterocycles. The smallest absolute Gasteiger partial charge is 0.203 e. The van der Waals surface area contributed by atoms with Gasteiger partial charge in [0.2, 0.25) is 6.36 Å². The fraction of sp³-hybridized carbons (Fsp3) is 1.00. The molecule has 0 aromatic carbocycles. The van der Waals surface area contributed by atoms with E-state index in [-0.39, 0.29) is 5.92 Å². The molecule has 1 aliphatic heterocycles. The van der Waals surface area contributed by atoms with Crippen LogP contribution >= 0.6 is 0 Å². The summed E-state index contributed by atoms with van der Waals surface area (Å²) in [4.78, 5) is 0. The van der Waals surface area contributed by atoms with Crippen LogP contribution in [-0.2, 0) is 4.74 Å². The van der Waals surface area contributed by atoms with Crippen molar-refractivity contribution in [2.24, 2.45) is 11.8 Å². The van der Waals surface area contributed by atoms with Crippen molar-refractivity contribution in [3.05, 3.63) is 0 Å². The lowest BCUT2D eigenvalue weighted by Gasteiger charge is -2.31. The first-order chi connectivity index (χ1) is 4.20. The van der Waals surface area contributed by atoms with Gasteiger partial charge in [-0.1, -0.05) is 13.8 Å². The van der Waals surface area contributed by atoms with Gasteiger partial charge in [-0.2, -0.15) is 0 Å². The molecule has 0 bridgehead atoms. The highest BCUT2D eigenvalue weighted by Crippen LogP contribution is 2.27. The topological polar surface area (TPSA) is 9.23 Å². The first kappa shape index (κ1) is 7.00. The quantitative estimate of drug-likeness (QED) is 0.558. The molecule has 0 N–H and O–H groups in total. The van der Waals surface area contributed by atoms with Gasteiger partial charge in [-0.15, -0.1) is 0 Å². The largest absolute Gasteiger partial charge is 0.347 e. The summed E-state index contributed by atoms with van der Waals surface area (Å²) in [5.74, 6) is 0.780. The standard InChI is InChI=1S/C7H13FO/c1-5(2)3-6-4-9-7(6)8/h5-7H,3-4H2,1-2H3. The number of hydrogen-bond donors (Lipinski definition) is 0. The average Bonchev–Trinajstić information content (AvgIpc) is 1.79. The third-order valence-corrected chi connectivity index (χ3v) is 1.61. The average molecular weight is 132 g/mol. The van der Waals surface area contributed by atoms with E-state index in [9.17, 15) is 4.39 Å². The van der Waals surface area contributed by atoms with Crippen molar-refractivity contribution in [1.82, 2.24) is 0 Å². The Balaban J connectivity index is 2.13. The summed E-state index contributed by atoms with van der Waals surface area (Å²) in [5, 5.41) is 0. The van der Waals surface area contributed by atoms with E-state index in [0.29, 0.717) is 12.5 Å². The van der Waals surface area contributed by atoms with Crippen LogP contribution in [-0.4, -0.2) is 13.0 Å². The molecule has 0 radical (unpaired) electrons. The predicted octanol–water partition coefficient (Wildman–Crippen LogP) is 1.97. The monoisotopic (exact) mass is 132 g/mol. The maximum absolute atomic E-state index is 12.3. The Morgan fingerprint density at radius 3 is 2.44 bits per heavy atom. The SMILES string of the molecule is CC(C)CC1COC1F. The van der Waals surface area contributed by atoms with Crippen LogP contribution in [0.5, 0.6) is 0 Å². The lowest BCUT2D eigenvalue weighted by atomic mass is 9.95. The third-order valence-electron chi connectivity index (χ3n) is 1.61. The second-order valence-electron chi connectivity index (χ2n) is 3.07. The lowest BCUT2D eigenvalue weighted by molar-refractivity contribution is -0.192. The van der Waals surface area contributed by atoms with E-state index < -0.39 is 6.36 Å². The molecular formula is C7H13FO. The second-order valence-corrected chi connectivity index (χ2v) is 3.07. The Hall–Kier alpha value is -0.110. The molecule has 2 atom stereocenters. The Labute approximate surface area is 55.2 Å². The van der Waals surface area contributed by atoms with Gasteiger partial charge < -0.3 is 4.74 Å². The maximum atomic E-state index is 12.3. The van der Waals surface area contributed by atoms with Crippen molar-refractivity contribution in [2.45, 2.75) is 26.6 Å². The van der Waals surface area contributed by atoms with Gasteiger partial charge in [0.05, 0.1) is 6.61 Å².